The molecule has 0 radical (unpaired) electrons. The van der Waals surface area contributed by atoms with Gasteiger partial charge in [0, 0.05) is 30.5 Å². The number of nitrogens with two attached hydrogens (primary N) is 1. The highest BCUT2D eigenvalue weighted by Gasteiger charge is 2.53. The number of cyclic esters (lactones) is 1. The first-order valence-corrected chi connectivity index (χ1v) is 20.7. The van der Waals surface area contributed by atoms with Crippen LogP contribution in [0.3, 0.4) is 0 Å². The van der Waals surface area contributed by atoms with Gasteiger partial charge in [0.2, 0.25) is 5.91 Å². The third kappa shape index (κ3) is 10.4. The lowest BCUT2D eigenvalue weighted by Crippen LogP contribution is -2.60. The largest absolute Gasteiger partial charge is 0.459 e. The van der Waals surface area contributed by atoms with E-state index in [4.69, 9.17) is 38.8 Å². The van der Waals surface area contributed by atoms with Crippen LogP contribution in [0.15, 0.2) is 27.7 Å². The zero-order valence-electron chi connectivity index (χ0n) is 36.3. The van der Waals surface area contributed by atoms with Crippen molar-refractivity contribution >= 4 is 40.2 Å². The fourth-order valence-corrected chi connectivity index (χ4v) is 9.04. The van der Waals surface area contributed by atoms with E-state index < -0.39 is 89.3 Å². The van der Waals surface area contributed by atoms with Gasteiger partial charge in [-0.3, -0.25) is 19.2 Å². The Morgan fingerprint density at radius 2 is 1.83 bits per heavy atom. The Kier molecular flexibility index (Phi) is 15.1. The van der Waals surface area contributed by atoms with Crippen molar-refractivity contribution in [2.45, 2.75) is 148 Å². The summed E-state index contributed by atoms with van der Waals surface area (Å²) >= 11 is 0. The lowest BCUT2D eigenvalue weighted by atomic mass is 9.73. The van der Waals surface area contributed by atoms with Gasteiger partial charge in [-0.15, -0.1) is 0 Å². The molecular formula is C42H65N5O12. The topological polar surface area (TPSA) is 227 Å². The van der Waals surface area contributed by atoms with Crippen molar-refractivity contribution in [1.82, 2.24) is 15.5 Å². The highest BCUT2D eigenvalue weighted by molar-refractivity contribution is 6.00. The molecule has 17 heteroatoms. The third-order valence-electron chi connectivity index (χ3n) is 12.3. The molecule has 1 aromatic carbocycles. The van der Waals surface area contributed by atoms with Crippen molar-refractivity contribution in [2.24, 2.45) is 28.7 Å². The van der Waals surface area contributed by atoms with E-state index in [2.05, 4.69) is 15.6 Å². The fourth-order valence-electron chi connectivity index (χ4n) is 9.04. The van der Waals surface area contributed by atoms with E-state index >= 15 is 0 Å². The number of hydrogen-bond acceptors (Lipinski definition) is 16. The molecule has 2 aromatic rings. The van der Waals surface area contributed by atoms with Crippen molar-refractivity contribution in [3.05, 3.63) is 23.8 Å². The van der Waals surface area contributed by atoms with Crippen LogP contribution in [0.25, 0.3) is 11.0 Å². The number of amides is 1. The van der Waals surface area contributed by atoms with Gasteiger partial charge < -0.3 is 49.1 Å². The molecule has 3 aliphatic rings. The van der Waals surface area contributed by atoms with Crippen LogP contribution in [-0.2, 0) is 49.5 Å². The molecule has 0 aliphatic carbocycles. The molecule has 1 aromatic heterocycles. The Morgan fingerprint density at radius 3 is 2.49 bits per heavy atom. The lowest BCUT2D eigenvalue weighted by Gasteiger charge is -2.47. The van der Waals surface area contributed by atoms with Crippen LogP contribution >= 0.6 is 0 Å². The number of aromatic nitrogens is 1. The molecule has 330 valence electrons. The second-order valence-corrected chi connectivity index (χ2v) is 17.4. The van der Waals surface area contributed by atoms with Crippen molar-refractivity contribution in [3.63, 3.8) is 0 Å². The lowest BCUT2D eigenvalue weighted by molar-refractivity contribution is -0.298. The first-order chi connectivity index (χ1) is 27.7. The summed E-state index contributed by atoms with van der Waals surface area (Å²) in [6.45, 7) is 15.1. The minimum absolute atomic E-state index is 0.0585. The zero-order chi connectivity index (χ0) is 43.6. The van der Waals surface area contributed by atoms with E-state index in [0.29, 0.717) is 23.1 Å². The number of carbonyl (C=O) groups is 3. The molecule has 17 nitrogen and oxygen atoms in total. The Labute approximate surface area is 346 Å². The van der Waals surface area contributed by atoms with Crippen LogP contribution < -0.4 is 11.2 Å². The molecule has 2 bridgehead atoms. The number of likely N-dealkylation sites (N-methyl/N-ethyl adjacent to an activating group) is 1. The molecule has 59 heavy (non-hydrogen) atoms. The van der Waals surface area contributed by atoms with Crippen molar-refractivity contribution in [1.29, 1.82) is 0 Å². The van der Waals surface area contributed by atoms with Crippen molar-refractivity contribution in [3.8, 4) is 0 Å². The number of nitrogens with one attached hydrogen (secondary N) is 1. The number of nitrogens with zero attached hydrogens (tertiary/aromatic N) is 3. The summed E-state index contributed by atoms with van der Waals surface area (Å²) in [6, 6.07) is 4.37. The van der Waals surface area contributed by atoms with Crippen LogP contribution in [0.5, 0.6) is 0 Å². The van der Waals surface area contributed by atoms with E-state index in [0.717, 1.165) is 5.56 Å². The van der Waals surface area contributed by atoms with E-state index in [-0.39, 0.29) is 50.6 Å². The van der Waals surface area contributed by atoms with Gasteiger partial charge in [0.05, 0.1) is 55.2 Å². The van der Waals surface area contributed by atoms with Gasteiger partial charge in [0.15, 0.2) is 23.5 Å². The Hall–Kier alpha value is -3.39. The van der Waals surface area contributed by atoms with Gasteiger partial charge in [0.1, 0.15) is 23.7 Å². The molecule has 1 amide bonds. The molecule has 3 fully saturated rings. The number of fused-ring (bicyclic) bond motifs is 6. The number of Topliss-reactive ketones (excluding diaryl/α,β-unsaturated/α-hetero) is 1. The molecule has 0 saturated carbocycles. The van der Waals surface area contributed by atoms with Gasteiger partial charge in [-0.05, 0) is 84.7 Å². The number of nitrogen functional groups attached to an aromatic ring is 1. The number of ketones is 1. The van der Waals surface area contributed by atoms with E-state index in [9.17, 15) is 24.6 Å². The van der Waals surface area contributed by atoms with Crippen LogP contribution in [0.2, 0.25) is 0 Å². The van der Waals surface area contributed by atoms with Crippen molar-refractivity contribution < 1.29 is 57.6 Å². The number of hydrogen-bond donors (Lipinski definition) is 4. The number of anilines is 1. The maximum Gasteiger partial charge on any atom is 0.316 e. The summed E-state index contributed by atoms with van der Waals surface area (Å²) in [4.78, 5) is 53.7. The number of rotatable bonds is 8. The van der Waals surface area contributed by atoms with Gasteiger partial charge in [-0.25, -0.2) is 4.99 Å². The maximum absolute atomic E-state index is 14.5. The average molecular weight is 832 g/mol. The van der Waals surface area contributed by atoms with Crippen LogP contribution in [0.4, 0.5) is 5.82 Å². The summed E-state index contributed by atoms with van der Waals surface area (Å²) in [5.41, 5.74) is 7.59. The van der Waals surface area contributed by atoms with Gasteiger partial charge in [-0.1, -0.05) is 38.9 Å². The summed E-state index contributed by atoms with van der Waals surface area (Å²) in [7, 11) is 3.73. The predicted octanol–water partition coefficient (Wildman–Crippen LogP) is 3.36. The average Bonchev–Trinajstić information content (AvgIpc) is 3.54. The highest BCUT2D eigenvalue weighted by Crippen LogP contribution is 2.40. The van der Waals surface area contributed by atoms with Crippen LogP contribution in [0, 0.1) is 23.7 Å². The number of esters is 1. The molecule has 0 spiro atoms. The number of hydroxylamine groups is 1. The standard InChI is InChI=1S/C42H65N5O12/c1-12-32-42(9,52)37-23(4)33(44-26(7)48)21(2)17-41(8,54-20-28(19-53-37)45-55-18-27-13-14-31-29(16-27)38(43)46-59-31)36(24(5)34(49)25(6)39(51)57-32)58-40-35(50)30(47(10)11)15-22(3)56-40/h13-14,16,21-25,28,30,32,35-37,40,45,50,52H,12,15,17-20H2,1-11H3,(H2,43,46)/t21-,22-,23+,24+,25-,28?,30+,32-,35-,36-,37-,40+,41-,42-/m1/s1. The first kappa shape index (κ1) is 46.7. The summed E-state index contributed by atoms with van der Waals surface area (Å²) in [5.74, 6) is -5.02. The number of carbonyl (C=O) groups excluding carboxylic acids is 3. The van der Waals surface area contributed by atoms with E-state index in [1.165, 1.54) is 20.8 Å². The van der Waals surface area contributed by atoms with E-state index in [1.807, 2.05) is 51.9 Å². The molecule has 3 aliphatic heterocycles. The number of aliphatic hydroxyl groups is 2. The number of aliphatic hydroxyl groups excluding tert-OH is 1. The minimum atomic E-state index is -1.84. The fraction of sp³-hybridized carbons (Fsp3) is 0.738. The third-order valence-corrected chi connectivity index (χ3v) is 12.3. The molecule has 3 saturated heterocycles. The summed E-state index contributed by atoms with van der Waals surface area (Å²) < 4.78 is 37.8. The normalized spacial score (nSPS) is 38.8. The molecule has 5 rings (SSSR count). The minimum Gasteiger partial charge on any atom is -0.459 e. The number of benzene rings is 1. The molecule has 14 atom stereocenters. The smallest absolute Gasteiger partial charge is 0.316 e. The monoisotopic (exact) mass is 831 g/mol. The van der Waals surface area contributed by atoms with Crippen molar-refractivity contribution in [2.75, 3.05) is 33.0 Å². The zero-order valence-corrected chi connectivity index (χ0v) is 36.3. The number of ether oxygens (including phenoxy) is 5. The first-order valence-electron chi connectivity index (χ1n) is 20.7. The second kappa shape index (κ2) is 19.1. The Balaban J connectivity index is 1.63. The molecule has 1 unspecified atom stereocenters. The van der Waals surface area contributed by atoms with Crippen LogP contribution in [0.1, 0.15) is 87.1 Å². The number of aliphatic imine (C=N–C) groups is 1. The maximum atomic E-state index is 14.5. The van der Waals surface area contributed by atoms with Gasteiger partial charge in [-0.2, -0.15) is 5.48 Å². The summed E-state index contributed by atoms with van der Waals surface area (Å²) in [5, 5.41) is 28.6. The molecule has 5 N–H and O–H groups in total. The van der Waals surface area contributed by atoms with E-state index in [1.54, 1.807) is 26.8 Å². The second-order valence-electron chi connectivity index (χ2n) is 17.4. The molecule has 4 heterocycles. The Bertz CT molecular complexity index is 1820. The SMILES string of the molecule is CC[C@H]1OC(=O)[C@H](C)C(=O)[C@H](C)[C@@H](O[C@@H]2O[C@H](C)C[C@H](N(C)C)[C@H]2O)[C@@]2(C)C[C@@H](C)C(=NC(C)=O)[C@H](C)[C@@H](OCC(NOCc3ccc4onc(N)c4c3)CO2)[C@]1(C)O. The van der Waals surface area contributed by atoms with Gasteiger partial charge >= 0.3 is 5.97 Å². The van der Waals surface area contributed by atoms with Crippen LogP contribution in [-0.4, -0.2) is 131 Å². The van der Waals surface area contributed by atoms with Gasteiger partial charge in [0.25, 0.3) is 0 Å². The predicted molar refractivity (Wildman–Crippen MR) is 217 cm³/mol. The summed E-state index contributed by atoms with van der Waals surface area (Å²) in [6.07, 6.45) is -5.03. The quantitative estimate of drug-likeness (QED) is 0.170. The highest BCUT2D eigenvalue weighted by atomic mass is 16.7. The molecular weight excluding hydrogens is 766 g/mol. The Morgan fingerprint density at radius 1 is 1.12 bits per heavy atom.